The highest BCUT2D eigenvalue weighted by molar-refractivity contribution is 5.97. The van der Waals surface area contributed by atoms with Crippen molar-refractivity contribution in [2.24, 2.45) is 0 Å². The summed E-state index contributed by atoms with van der Waals surface area (Å²) in [5.74, 6) is -0.155. The van der Waals surface area contributed by atoms with Crippen molar-refractivity contribution in [3.05, 3.63) is 59.3 Å². The third kappa shape index (κ3) is 5.50. The average molecular weight is 564 g/mol. The molecule has 9 nitrogen and oxygen atoms in total. The van der Waals surface area contributed by atoms with Crippen LogP contribution in [0.1, 0.15) is 51.4 Å². The number of nitrogens with zero attached hydrogens (tertiary/aromatic N) is 6. The molecule has 0 radical (unpaired) electrons. The number of fused-ring (bicyclic) bond motifs is 3. The van der Waals surface area contributed by atoms with Crippen molar-refractivity contribution >= 4 is 17.2 Å². The molecule has 3 aliphatic heterocycles. The van der Waals surface area contributed by atoms with E-state index < -0.39 is 0 Å². The molecule has 3 aromatic rings. The van der Waals surface area contributed by atoms with E-state index in [1.807, 2.05) is 9.42 Å². The molecule has 5 heterocycles. The van der Waals surface area contributed by atoms with Crippen LogP contribution in [0.4, 0.5) is 10.1 Å². The zero-order valence-electron chi connectivity index (χ0n) is 24.8. The molecule has 1 amide bonds. The van der Waals surface area contributed by atoms with Crippen molar-refractivity contribution in [2.75, 3.05) is 50.8 Å². The molecule has 1 aromatic carbocycles. The van der Waals surface area contributed by atoms with E-state index in [9.17, 15) is 9.18 Å². The van der Waals surface area contributed by atoms with Crippen LogP contribution in [0.2, 0.25) is 0 Å². The van der Waals surface area contributed by atoms with Gasteiger partial charge in [-0.2, -0.15) is 5.10 Å². The highest BCUT2D eigenvalue weighted by Crippen LogP contribution is 2.42. The van der Waals surface area contributed by atoms with Gasteiger partial charge in [-0.05, 0) is 44.5 Å². The molecule has 3 aliphatic rings. The molecular formula is C31H42FN7O2. The van der Waals surface area contributed by atoms with Crippen LogP contribution in [0.3, 0.4) is 0 Å². The largest absolute Gasteiger partial charge is 0.378 e. The molecule has 2 saturated heterocycles. The smallest absolute Gasteiger partial charge is 0.241 e. The fourth-order valence-electron chi connectivity index (χ4n) is 6.90. The second-order valence-electron chi connectivity index (χ2n) is 12.9. The first-order valence-corrected chi connectivity index (χ1v) is 14.8. The number of benzene rings is 1. The van der Waals surface area contributed by atoms with Crippen molar-refractivity contribution in [1.29, 1.82) is 0 Å². The summed E-state index contributed by atoms with van der Waals surface area (Å²) < 4.78 is 21.2. The number of ether oxygens (including phenoxy) is 1. The van der Waals surface area contributed by atoms with Gasteiger partial charge in [-0.25, -0.2) is 13.9 Å². The second kappa shape index (κ2) is 11.1. The highest BCUT2D eigenvalue weighted by atomic mass is 19.1. The number of hydrogen-bond acceptors (Lipinski definition) is 7. The van der Waals surface area contributed by atoms with E-state index in [2.05, 4.69) is 65.9 Å². The van der Waals surface area contributed by atoms with Crippen LogP contribution >= 0.6 is 0 Å². The Balaban J connectivity index is 1.28. The molecule has 0 saturated carbocycles. The van der Waals surface area contributed by atoms with E-state index >= 15 is 0 Å². The molecule has 0 bridgehead atoms. The normalized spacial score (nSPS) is 26.9. The zero-order chi connectivity index (χ0) is 28.9. The van der Waals surface area contributed by atoms with Gasteiger partial charge in [0, 0.05) is 67.7 Å². The Morgan fingerprint density at radius 2 is 1.88 bits per heavy atom. The molecule has 6 rings (SSSR count). The Morgan fingerprint density at radius 1 is 1.15 bits per heavy atom. The minimum absolute atomic E-state index is 0.103. The van der Waals surface area contributed by atoms with Crippen molar-refractivity contribution in [2.45, 2.75) is 70.6 Å². The van der Waals surface area contributed by atoms with Gasteiger partial charge in [-0.15, -0.1) is 0 Å². The van der Waals surface area contributed by atoms with Crippen molar-refractivity contribution in [3.63, 3.8) is 0 Å². The summed E-state index contributed by atoms with van der Waals surface area (Å²) in [5, 5.41) is 8.22. The lowest BCUT2D eigenvalue weighted by Crippen LogP contribution is -2.63. The molecule has 2 fully saturated rings. The Kier molecular flexibility index (Phi) is 7.61. The van der Waals surface area contributed by atoms with Gasteiger partial charge in [0.25, 0.3) is 0 Å². The summed E-state index contributed by atoms with van der Waals surface area (Å²) >= 11 is 0. The maximum Gasteiger partial charge on any atom is 0.241 e. The minimum Gasteiger partial charge on any atom is -0.378 e. The molecule has 4 atom stereocenters. The molecule has 220 valence electrons. The van der Waals surface area contributed by atoms with Gasteiger partial charge in [0.15, 0.2) is 5.65 Å². The summed E-state index contributed by atoms with van der Waals surface area (Å²) in [6.07, 6.45) is 2.15. The summed E-state index contributed by atoms with van der Waals surface area (Å²) in [7, 11) is 0. The maximum atomic E-state index is 14.2. The Morgan fingerprint density at radius 3 is 2.61 bits per heavy atom. The number of carbonyl (C=O) groups is 1. The number of hydrogen-bond donors (Lipinski definition) is 1. The van der Waals surface area contributed by atoms with E-state index in [-0.39, 0.29) is 23.2 Å². The van der Waals surface area contributed by atoms with Gasteiger partial charge in [-0.3, -0.25) is 14.6 Å². The number of aromatic nitrogens is 3. The van der Waals surface area contributed by atoms with Gasteiger partial charge in [-0.1, -0.05) is 26.0 Å². The van der Waals surface area contributed by atoms with Gasteiger partial charge in [0.05, 0.1) is 31.1 Å². The zero-order valence-corrected chi connectivity index (χ0v) is 24.8. The van der Waals surface area contributed by atoms with Crippen LogP contribution in [-0.4, -0.2) is 100 Å². The van der Waals surface area contributed by atoms with Gasteiger partial charge in [0.2, 0.25) is 5.91 Å². The predicted octanol–water partition coefficient (Wildman–Crippen LogP) is 2.85. The third-order valence-electron chi connectivity index (χ3n) is 9.03. The van der Waals surface area contributed by atoms with Gasteiger partial charge in [0.1, 0.15) is 12.1 Å². The molecule has 2 aromatic heterocycles. The number of pyridine rings is 1. The van der Waals surface area contributed by atoms with Gasteiger partial charge >= 0.3 is 0 Å². The summed E-state index contributed by atoms with van der Waals surface area (Å²) in [6.45, 7) is 16.0. The average Bonchev–Trinajstić information content (AvgIpc) is 3.51. The SMILES string of the molecule is C[C@@H]1CN(CC(=O)N2CC(C)(C)c3c2cc(Cc2ccc(F)cc2)c2ncnn32)[C@@H](CN2[C@H](C)COC[C@@H]2C)CN1. The molecule has 1 N–H and O–H groups in total. The summed E-state index contributed by atoms with van der Waals surface area (Å²) in [4.78, 5) is 25.6. The van der Waals surface area contributed by atoms with E-state index in [0.717, 1.165) is 61.0 Å². The first-order chi connectivity index (χ1) is 19.6. The minimum atomic E-state index is -0.292. The van der Waals surface area contributed by atoms with Crippen LogP contribution in [0, 0.1) is 5.82 Å². The molecule has 0 spiro atoms. The number of nitrogens with one attached hydrogen (secondary N) is 1. The molecule has 0 aliphatic carbocycles. The van der Waals surface area contributed by atoms with Crippen LogP contribution < -0.4 is 10.2 Å². The molecular weight excluding hydrogens is 521 g/mol. The number of amides is 1. The third-order valence-corrected chi connectivity index (χ3v) is 9.03. The predicted molar refractivity (Wildman–Crippen MR) is 157 cm³/mol. The lowest BCUT2D eigenvalue weighted by atomic mass is 9.90. The number of halogens is 1. The number of rotatable bonds is 6. The number of piperazine rings is 1. The molecule has 41 heavy (non-hydrogen) atoms. The van der Waals surface area contributed by atoms with Crippen molar-refractivity contribution in [1.82, 2.24) is 29.7 Å². The van der Waals surface area contributed by atoms with E-state index in [1.165, 1.54) is 12.1 Å². The van der Waals surface area contributed by atoms with Crippen LogP contribution in [0.15, 0.2) is 36.7 Å². The Bertz CT molecular complexity index is 1400. The van der Waals surface area contributed by atoms with Crippen molar-refractivity contribution < 1.29 is 13.9 Å². The lowest BCUT2D eigenvalue weighted by molar-refractivity contribution is -0.121. The van der Waals surface area contributed by atoms with Crippen LogP contribution in [0.5, 0.6) is 0 Å². The van der Waals surface area contributed by atoms with Crippen LogP contribution in [0.25, 0.3) is 5.65 Å². The first kappa shape index (κ1) is 28.2. The topological polar surface area (TPSA) is 78.2 Å². The van der Waals surface area contributed by atoms with E-state index in [4.69, 9.17) is 4.74 Å². The fourth-order valence-corrected chi connectivity index (χ4v) is 6.90. The standard InChI is InChI=1S/C31H42FN7O2/c1-20-13-36(26(12-33-20)14-37-21(2)16-41-17-22(37)3)15-28(40)38-18-31(4,5)29-27(38)11-24(30-34-19-35-39(29)30)10-23-6-8-25(32)9-7-23/h6-9,11,19-22,26,33H,10,12-18H2,1-5H3/t20-,21-,22+,26-/m1/s1. The summed E-state index contributed by atoms with van der Waals surface area (Å²) in [5.41, 5.74) is 4.33. The molecule has 10 heteroatoms. The quantitative estimate of drug-likeness (QED) is 0.494. The Labute approximate surface area is 241 Å². The van der Waals surface area contributed by atoms with E-state index in [1.54, 1.807) is 18.5 Å². The maximum absolute atomic E-state index is 14.2. The number of morpholine rings is 1. The van der Waals surface area contributed by atoms with Crippen molar-refractivity contribution in [3.8, 4) is 0 Å². The number of carbonyl (C=O) groups excluding carboxylic acids is 1. The Hall–Kier alpha value is -2.92. The fraction of sp³-hybridized carbons (Fsp3) is 0.581. The monoisotopic (exact) mass is 563 g/mol. The number of anilines is 1. The lowest BCUT2D eigenvalue weighted by Gasteiger charge is -2.46. The van der Waals surface area contributed by atoms with Gasteiger partial charge < -0.3 is 15.0 Å². The van der Waals surface area contributed by atoms with Crippen LogP contribution in [-0.2, 0) is 21.4 Å². The highest BCUT2D eigenvalue weighted by Gasteiger charge is 2.42. The molecule has 0 unspecified atom stereocenters. The summed E-state index contributed by atoms with van der Waals surface area (Å²) in [6, 6.07) is 9.91. The first-order valence-electron chi connectivity index (χ1n) is 14.8. The second-order valence-corrected chi connectivity index (χ2v) is 12.9. The van der Waals surface area contributed by atoms with E-state index in [0.29, 0.717) is 37.6 Å².